The van der Waals surface area contributed by atoms with Crippen LogP contribution in [-0.4, -0.2) is 20.2 Å². The zero-order valence-electron chi connectivity index (χ0n) is 9.90. The second-order valence-corrected chi connectivity index (χ2v) is 3.77. The zero-order valence-corrected chi connectivity index (χ0v) is 9.90. The average Bonchev–Trinajstić information content (AvgIpc) is 2.37. The first-order chi connectivity index (χ1) is 8.24. The van der Waals surface area contributed by atoms with Crippen LogP contribution in [0.15, 0.2) is 36.4 Å². The topological polar surface area (TPSA) is 35.5 Å². The van der Waals surface area contributed by atoms with Gasteiger partial charge in [-0.25, -0.2) is 0 Å². The Morgan fingerprint density at radius 3 is 2.71 bits per heavy atom. The quantitative estimate of drug-likeness (QED) is 0.760. The van der Waals surface area contributed by atoms with E-state index in [-0.39, 0.29) is 12.4 Å². The molecule has 17 heavy (non-hydrogen) atoms. The molecule has 0 aliphatic heterocycles. The molecule has 0 radical (unpaired) electrons. The predicted octanol–water partition coefficient (Wildman–Crippen LogP) is 2.56. The molecule has 0 N–H and O–H groups in total. The van der Waals surface area contributed by atoms with Gasteiger partial charge < -0.3 is 9.47 Å². The fourth-order valence-electron chi connectivity index (χ4n) is 1.82. The van der Waals surface area contributed by atoms with E-state index < -0.39 is 0 Å². The van der Waals surface area contributed by atoms with Crippen LogP contribution in [0.3, 0.4) is 0 Å². The van der Waals surface area contributed by atoms with Gasteiger partial charge in [-0.05, 0) is 23.1 Å². The number of methoxy groups -OCH3 is 2. The number of fused-ring (bicyclic) bond motifs is 1. The Labute approximate surface area is 100.0 Å². The fraction of sp³-hybridized carbons (Fsp3) is 0.214. The number of carbonyl (C=O) groups is 1. The molecular formula is C14H14O3. The Morgan fingerprint density at radius 1 is 1.18 bits per heavy atom. The number of hydrogen-bond acceptors (Lipinski definition) is 3. The first kappa shape index (κ1) is 11.5. The Morgan fingerprint density at radius 2 is 2.00 bits per heavy atom. The molecule has 0 aliphatic rings. The van der Waals surface area contributed by atoms with Crippen LogP contribution in [0.2, 0.25) is 0 Å². The van der Waals surface area contributed by atoms with Crippen LogP contribution in [0.25, 0.3) is 10.8 Å². The molecule has 0 atom stereocenters. The second kappa shape index (κ2) is 4.87. The lowest BCUT2D eigenvalue weighted by Crippen LogP contribution is -2.04. The summed E-state index contributed by atoms with van der Waals surface area (Å²) in [6.07, 6.45) is 0.282. The summed E-state index contributed by atoms with van der Waals surface area (Å²) in [5.41, 5.74) is 0.925. The van der Waals surface area contributed by atoms with Gasteiger partial charge in [-0.1, -0.05) is 24.3 Å². The summed E-state index contributed by atoms with van der Waals surface area (Å²) < 4.78 is 9.95. The number of hydrogen-bond donors (Lipinski definition) is 0. The molecule has 2 aromatic carbocycles. The molecule has 3 nitrogen and oxygen atoms in total. The van der Waals surface area contributed by atoms with Crippen LogP contribution in [-0.2, 0) is 16.0 Å². The fourth-order valence-corrected chi connectivity index (χ4v) is 1.82. The van der Waals surface area contributed by atoms with E-state index in [1.807, 2.05) is 36.4 Å². The number of rotatable bonds is 3. The normalized spacial score (nSPS) is 10.2. The van der Waals surface area contributed by atoms with Crippen molar-refractivity contribution in [1.82, 2.24) is 0 Å². The molecule has 0 fully saturated rings. The number of ether oxygens (including phenoxy) is 2. The SMILES string of the molecule is COC(=O)Cc1ccc2cccc(OC)c2c1. The smallest absolute Gasteiger partial charge is 0.309 e. The third-order valence-electron chi connectivity index (χ3n) is 2.70. The molecule has 3 heteroatoms. The van der Waals surface area contributed by atoms with E-state index in [1.165, 1.54) is 7.11 Å². The number of carbonyl (C=O) groups excluding carboxylic acids is 1. The highest BCUT2D eigenvalue weighted by molar-refractivity contribution is 5.89. The van der Waals surface area contributed by atoms with Gasteiger partial charge in [0.1, 0.15) is 5.75 Å². The number of benzene rings is 2. The van der Waals surface area contributed by atoms with Gasteiger partial charge >= 0.3 is 5.97 Å². The molecule has 0 unspecified atom stereocenters. The van der Waals surface area contributed by atoms with Crippen LogP contribution in [0.5, 0.6) is 5.75 Å². The lowest BCUT2D eigenvalue weighted by atomic mass is 10.0. The van der Waals surface area contributed by atoms with E-state index in [1.54, 1.807) is 7.11 Å². The highest BCUT2D eigenvalue weighted by Gasteiger charge is 2.06. The van der Waals surface area contributed by atoms with Gasteiger partial charge in [-0.3, -0.25) is 4.79 Å². The molecule has 0 spiro atoms. The number of esters is 1. The van der Waals surface area contributed by atoms with Gasteiger partial charge in [0.25, 0.3) is 0 Å². The largest absolute Gasteiger partial charge is 0.496 e. The van der Waals surface area contributed by atoms with Crippen molar-refractivity contribution in [2.75, 3.05) is 14.2 Å². The minimum atomic E-state index is -0.237. The van der Waals surface area contributed by atoms with E-state index in [9.17, 15) is 4.79 Å². The third-order valence-corrected chi connectivity index (χ3v) is 2.70. The van der Waals surface area contributed by atoms with Gasteiger partial charge in [0, 0.05) is 5.39 Å². The summed E-state index contributed by atoms with van der Waals surface area (Å²) in [5.74, 6) is 0.577. The van der Waals surface area contributed by atoms with E-state index >= 15 is 0 Å². The molecule has 0 amide bonds. The molecule has 0 heterocycles. The van der Waals surface area contributed by atoms with Gasteiger partial charge in [-0.15, -0.1) is 0 Å². The highest BCUT2D eigenvalue weighted by atomic mass is 16.5. The average molecular weight is 230 g/mol. The molecule has 0 saturated carbocycles. The van der Waals surface area contributed by atoms with E-state index in [2.05, 4.69) is 4.74 Å². The van der Waals surface area contributed by atoms with Crippen LogP contribution >= 0.6 is 0 Å². The lowest BCUT2D eigenvalue weighted by Gasteiger charge is -2.07. The maximum atomic E-state index is 11.2. The van der Waals surface area contributed by atoms with Gasteiger partial charge in [0.2, 0.25) is 0 Å². The van der Waals surface area contributed by atoms with Crippen molar-refractivity contribution in [3.8, 4) is 5.75 Å². The molecule has 2 rings (SSSR count). The first-order valence-electron chi connectivity index (χ1n) is 5.37. The van der Waals surface area contributed by atoms with Gasteiger partial charge in [0.15, 0.2) is 0 Å². The summed E-state index contributed by atoms with van der Waals surface area (Å²) in [5, 5.41) is 2.11. The van der Waals surface area contributed by atoms with Crippen molar-refractivity contribution in [2.45, 2.75) is 6.42 Å². The van der Waals surface area contributed by atoms with E-state index in [4.69, 9.17) is 4.74 Å². The van der Waals surface area contributed by atoms with Crippen molar-refractivity contribution in [3.05, 3.63) is 42.0 Å². The van der Waals surface area contributed by atoms with Crippen LogP contribution in [0.4, 0.5) is 0 Å². The van der Waals surface area contributed by atoms with E-state index in [0.717, 1.165) is 22.1 Å². The van der Waals surface area contributed by atoms with Crippen molar-refractivity contribution < 1.29 is 14.3 Å². The standard InChI is InChI=1S/C14H14O3/c1-16-13-5-3-4-11-7-6-10(8-12(11)13)9-14(15)17-2/h3-8H,9H2,1-2H3. The highest BCUT2D eigenvalue weighted by Crippen LogP contribution is 2.26. The van der Waals surface area contributed by atoms with Crippen molar-refractivity contribution in [2.24, 2.45) is 0 Å². The summed E-state index contributed by atoms with van der Waals surface area (Å²) in [6, 6.07) is 11.7. The molecule has 2 aromatic rings. The Kier molecular flexibility index (Phi) is 3.28. The predicted molar refractivity (Wildman–Crippen MR) is 66.2 cm³/mol. The maximum absolute atomic E-state index is 11.2. The van der Waals surface area contributed by atoms with Gasteiger partial charge in [0.05, 0.1) is 20.6 Å². The molecule has 0 saturated heterocycles. The van der Waals surface area contributed by atoms with Crippen molar-refractivity contribution >= 4 is 16.7 Å². The molecule has 0 aliphatic carbocycles. The minimum absolute atomic E-state index is 0.237. The summed E-state index contributed by atoms with van der Waals surface area (Å²) in [6.45, 7) is 0. The van der Waals surface area contributed by atoms with Crippen molar-refractivity contribution in [1.29, 1.82) is 0 Å². The monoisotopic (exact) mass is 230 g/mol. The van der Waals surface area contributed by atoms with Crippen LogP contribution in [0, 0.1) is 0 Å². The molecule has 88 valence electrons. The molecule has 0 bridgehead atoms. The maximum Gasteiger partial charge on any atom is 0.309 e. The minimum Gasteiger partial charge on any atom is -0.496 e. The molecule has 0 aromatic heterocycles. The summed E-state index contributed by atoms with van der Waals surface area (Å²) in [4.78, 5) is 11.2. The third kappa shape index (κ3) is 2.38. The van der Waals surface area contributed by atoms with Crippen molar-refractivity contribution in [3.63, 3.8) is 0 Å². The van der Waals surface area contributed by atoms with Gasteiger partial charge in [-0.2, -0.15) is 0 Å². The van der Waals surface area contributed by atoms with E-state index in [0.29, 0.717) is 0 Å². The molecular weight excluding hydrogens is 216 g/mol. The summed E-state index contributed by atoms with van der Waals surface area (Å²) >= 11 is 0. The summed E-state index contributed by atoms with van der Waals surface area (Å²) in [7, 11) is 3.03. The Hall–Kier alpha value is -2.03. The van der Waals surface area contributed by atoms with Crippen LogP contribution < -0.4 is 4.74 Å². The first-order valence-corrected chi connectivity index (χ1v) is 5.37. The second-order valence-electron chi connectivity index (χ2n) is 3.77. The lowest BCUT2D eigenvalue weighted by molar-refractivity contribution is -0.139. The Balaban J connectivity index is 2.44. The van der Waals surface area contributed by atoms with Crippen LogP contribution in [0.1, 0.15) is 5.56 Å². The zero-order chi connectivity index (χ0) is 12.3. The Bertz CT molecular complexity index is 546.